The third-order valence-corrected chi connectivity index (χ3v) is 8.23. The SMILES string of the molecule is N#Cc1ccccc1-c1cc(-c2ccccc2C#N)c2oc3cccc(-c4nc(-c5ccccc5)nc(-c5ccccc5)n4)c3c2c1. The summed E-state index contributed by atoms with van der Waals surface area (Å²) in [5, 5.41) is 21.7. The molecule has 6 nitrogen and oxygen atoms in total. The van der Waals surface area contributed by atoms with Crippen LogP contribution >= 0.6 is 0 Å². The molecule has 218 valence electrons. The predicted octanol–water partition coefficient (Wildman–Crippen LogP) is 9.85. The first kappa shape index (κ1) is 27.6. The lowest BCUT2D eigenvalue weighted by Crippen LogP contribution is -2.00. The number of fused-ring (bicyclic) bond motifs is 3. The fourth-order valence-electron chi connectivity index (χ4n) is 6.05. The summed E-state index contributed by atoms with van der Waals surface area (Å²) < 4.78 is 6.63. The van der Waals surface area contributed by atoms with Crippen LogP contribution in [0.25, 0.3) is 78.4 Å². The van der Waals surface area contributed by atoms with Crippen LogP contribution in [0.3, 0.4) is 0 Å². The Morgan fingerprint density at radius 1 is 0.447 bits per heavy atom. The number of hydrogen-bond donors (Lipinski definition) is 0. The van der Waals surface area contributed by atoms with Gasteiger partial charge in [-0.1, -0.05) is 109 Å². The lowest BCUT2D eigenvalue weighted by atomic mass is 9.91. The summed E-state index contributed by atoms with van der Waals surface area (Å²) in [6.07, 6.45) is 0. The van der Waals surface area contributed by atoms with E-state index in [0.717, 1.165) is 49.7 Å². The van der Waals surface area contributed by atoms with E-state index in [1.54, 1.807) is 6.07 Å². The Labute approximate surface area is 270 Å². The molecule has 6 heteroatoms. The van der Waals surface area contributed by atoms with E-state index < -0.39 is 0 Å². The van der Waals surface area contributed by atoms with Crippen LogP contribution in [-0.4, -0.2) is 15.0 Å². The number of nitrogens with zero attached hydrogens (tertiary/aromatic N) is 5. The van der Waals surface area contributed by atoms with Gasteiger partial charge < -0.3 is 4.42 Å². The van der Waals surface area contributed by atoms with E-state index in [2.05, 4.69) is 18.2 Å². The molecule has 0 unspecified atom stereocenters. The second-order valence-electron chi connectivity index (χ2n) is 11.0. The van der Waals surface area contributed by atoms with E-state index in [-0.39, 0.29) is 0 Å². The third kappa shape index (κ3) is 4.88. The molecule has 0 bridgehead atoms. The largest absolute Gasteiger partial charge is 0.455 e. The number of nitriles is 2. The van der Waals surface area contributed by atoms with Gasteiger partial charge in [-0.15, -0.1) is 0 Å². The molecule has 0 amide bonds. The van der Waals surface area contributed by atoms with Crippen LogP contribution in [0.4, 0.5) is 0 Å². The molecule has 0 aliphatic rings. The zero-order chi connectivity index (χ0) is 31.7. The summed E-state index contributed by atoms with van der Waals surface area (Å²) >= 11 is 0. The molecular weight excluding hydrogens is 578 g/mol. The number of hydrogen-bond acceptors (Lipinski definition) is 6. The van der Waals surface area contributed by atoms with E-state index in [9.17, 15) is 10.5 Å². The summed E-state index contributed by atoms with van der Waals surface area (Å²) in [6, 6.07) is 49.3. The van der Waals surface area contributed by atoms with Crippen molar-refractivity contribution >= 4 is 21.9 Å². The second-order valence-corrected chi connectivity index (χ2v) is 11.0. The topological polar surface area (TPSA) is 99.4 Å². The van der Waals surface area contributed by atoms with Gasteiger partial charge in [-0.25, -0.2) is 15.0 Å². The minimum absolute atomic E-state index is 0.507. The summed E-state index contributed by atoms with van der Waals surface area (Å²) in [5.41, 5.74) is 8.03. The van der Waals surface area contributed by atoms with Gasteiger partial charge in [-0.05, 0) is 41.5 Å². The maximum Gasteiger partial charge on any atom is 0.164 e. The fraction of sp³-hybridized carbons (Fsp3) is 0. The van der Waals surface area contributed by atoms with Gasteiger partial charge in [0.25, 0.3) is 0 Å². The van der Waals surface area contributed by atoms with Crippen molar-refractivity contribution in [2.24, 2.45) is 0 Å². The first-order valence-electron chi connectivity index (χ1n) is 15.1. The number of benzene rings is 6. The minimum atomic E-state index is 0.507. The minimum Gasteiger partial charge on any atom is -0.455 e. The molecule has 2 heterocycles. The van der Waals surface area contributed by atoms with Gasteiger partial charge in [-0.2, -0.15) is 10.5 Å². The average molecular weight is 602 g/mol. The Balaban J connectivity index is 1.46. The van der Waals surface area contributed by atoms with Crippen molar-refractivity contribution in [3.63, 3.8) is 0 Å². The van der Waals surface area contributed by atoms with Crippen molar-refractivity contribution in [2.45, 2.75) is 0 Å². The van der Waals surface area contributed by atoms with Crippen LogP contribution < -0.4 is 0 Å². The van der Waals surface area contributed by atoms with Crippen LogP contribution in [0.2, 0.25) is 0 Å². The van der Waals surface area contributed by atoms with Crippen molar-refractivity contribution in [2.75, 3.05) is 0 Å². The third-order valence-electron chi connectivity index (χ3n) is 8.23. The monoisotopic (exact) mass is 601 g/mol. The Kier molecular flexibility index (Phi) is 6.80. The summed E-state index contributed by atoms with van der Waals surface area (Å²) in [4.78, 5) is 14.9. The van der Waals surface area contributed by atoms with Crippen molar-refractivity contribution in [3.8, 4) is 68.6 Å². The average Bonchev–Trinajstić information content (AvgIpc) is 3.54. The maximum atomic E-state index is 10.0. The maximum absolute atomic E-state index is 10.0. The quantitative estimate of drug-likeness (QED) is 0.195. The molecule has 0 saturated heterocycles. The molecule has 0 spiro atoms. The predicted molar refractivity (Wildman–Crippen MR) is 184 cm³/mol. The molecule has 0 radical (unpaired) electrons. The van der Waals surface area contributed by atoms with Gasteiger partial charge in [0.05, 0.1) is 23.3 Å². The number of furan rings is 1. The fourth-order valence-corrected chi connectivity index (χ4v) is 6.05. The molecule has 0 aliphatic heterocycles. The van der Waals surface area contributed by atoms with Crippen LogP contribution in [-0.2, 0) is 0 Å². The highest BCUT2D eigenvalue weighted by Crippen LogP contribution is 2.43. The van der Waals surface area contributed by atoms with Gasteiger partial charge in [0.2, 0.25) is 0 Å². The van der Waals surface area contributed by atoms with E-state index in [1.807, 2.05) is 127 Å². The van der Waals surface area contributed by atoms with E-state index in [0.29, 0.717) is 39.8 Å². The Morgan fingerprint density at radius 3 is 1.62 bits per heavy atom. The zero-order valence-corrected chi connectivity index (χ0v) is 24.9. The highest BCUT2D eigenvalue weighted by Gasteiger charge is 2.22. The van der Waals surface area contributed by atoms with Crippen LogP contribution in [0.1, 0.15) is 11.1 Å². The molecule has 0 N–H and O–H groups in total. The second kappa shape index (κ2) is 11.6. The Morgan fingerprint density at radius 2 is 0.979 bits per heavy atom. The van der Waals surface area contributed by atoms with Crippen LogP contribution in [0.5, 0.6) is 0 Å². The molecule has 0 saturated carbocycles. The highest BCUT2D eigenvalue weighted by molar-refractivity contribution is 6.16. The summed E-state index contributed by atoms with van der Waals surface area (Å²) in [5.74, 6) is 1.63. The molecular formula is C41H23N5O. The lowest BCUT2D eigenvalue weighted by Gasteiger charge is -2.11. The van der Waals surface area contributed by atoms with Gasteiger partial charge in [0.15, 0.2) is 17.5 Å². The van der Waals surface area contributed by atoms with Gasteiger partial charge in [0, 0.05) is 38.6 Å². The molecule has 0 fully saturated rings. The molecule has 47 heavy (non-hydrogen) atoms. The Hall–Kier alpha value is -6.89. The zero-order valence-electron chi connectivity index (χ0n) is 24.9. The molecule has 0 atom stereocenters. The van der Waals surface area contributed by atoms with E-state index >= 15 is 0 Å². The lowest BCUT2D eigenvalue weighted by molar-refractivity contribution is 0.670. The van der Waals surface area contributed by atoms with Gasteiger partial charge in [0.1, 0.15) is 11.2 Å². The van der Waals surface area contributed by atoms with Crippen molar-refractivity contribution in [1.29, 1.82) is 10.5 Å². The number of rotatable bonds is 5. The van der Waals surface area contributed by atoms with Gasteiger partial charge in [-0.3, -0.25) is 0 Å². The first-order valence-corrected chi connectivity index (χ1v) is 15.1. The molecule has 6 aromatic carbocycles. The summed E-state index contributed by atoms with van der Waals surface area (Å²) in [6.45, 7) is 0. The van der Waals surface area contributed by atoms with Gasteiger partial charge >= 0.3 is 0 Å². The standard InChI is InChI=1S/C41H23N5O/c42-24-28-16-7-9-18-31(28)30-22-34(32-19-10-8-17-29(32)25-43)38-35(23-30)37-33(20-11-21-36(37)47-38)41-45-39(26-12-3-1-4-13-26)44-40(46-41)27-14-5-2-6-15-27/h1-23H. The normalized spacial score (nSPS) is 10.9. The van der Waals surface area contributed by atoms with Crippen molar-refractivity contribution in [1.82, 2.24) is 15.0 Å². The van der Waals surface area contributed by atoms with Crippen LogP contribution in [0, 0.1) is 22.7 Å². The van der Waals surface area contributed by atoms with E-state index in [1.165, 1.54) is 0 Å². The molecule has 8 aromatic rings. The number of aromatic nitrogens is 3. The summed E-state index contributed by atoms with van der Waals surface area (Å²) in [7, 11) is 0. The Bertz CT molecular complexity index is 2480. The molecule has 2 aromatic heterocycles. The van der Waals surface area contributed by atoms with Crippen molar-refractivity contribution < 1.29 is 4.42 Å². The van der Waals surface area contributed by atoms with E-state index in [4.69, 9.17) is 19.4 Å². The smallest absolute Gasteiger partial charge is 0.164 e. The molecule has 0 aliphatic carbocycles. The van der Waals surface area contributed by atoms with Crippen molar-refractivity contribution in [3.05, 3.63) is 151 Å². The van der Waals surface area contributed by atoms with Crippen LogP contribution in [0.15, 0.2) is 144 Å². The first-order chi connectivity index (χ1) is 23.2. The molecule has 8 rings (SSSR count). The highest BCUT2D eigenvalue weighted by atomic mass is 16.3.